The first-order valence-electron chi connectivity index (χ1n) is 8.59. The molecule has 0 unspecified atom stereocenters. The summed E-state index contributed by atoms with van der Waals surface area (Å²) in [7, 11) is 0. The van der Waals surface area contributed by atoms with Gasteiger partial charge in [0.1, 0.15) is 11.9 Å². The lowest BCUT2D eigenvalue weighted by Crippen LogP contribution is -2.53. The number of aryl methyl sites for hydroxylation is 1. The second-order valence-corrected chi connectivity index (χ2v) is 6.51. The average molecular weight is 343 g/mol. The Morgan fingerprint density at radius 2 is 2.36 bits per heavy atom. The van der Waals surface area contributed by atoms with Gasteiger partial charge in [-0.05, 0) is 31.4 Å². The molecule has 2 aromatic heterocycles. The molecule has 0 aromatic carbocycles. The summed E-state index contributed by atoms with van der Waals surface area (Å²) in [5, 5.41) is 3.85. The molecular weight excluding hydrogens is 322 g/mol. The molecule has 132 valence electrons. The molecule has 1 saturated heterocycles. The Bertz CT molecular complexity index is 733. The lowest BCUT2D eigenvalue weighted by molar-refractivity contribution is -0.108. The lowest BCUT2D eigenvalue weighted by atomic mass is 10.1. The fourth-order valence-electron chi connectivity index (χ4n) is 3.65. The number of hydrogen-bond donors (Lipinski definition) is 0. The third-order valence-corrected chi connectivity index (χ3v) is 4.83. The maximum atomic E-state index is 12.7. The quantitative estimate of drug-likeness (QED) is 0.845. The number of rotatable bonds is 4. The molecule has 1 aliphatic heterocycles. The average Bonchev–Trinajstić information content (AvgIpc) is 3.26. The standard InChI is InChI=1S/C18H21N3O4/c1-12-9-14(20-25-12)18(22)21-7-8-23-17-15(21)4-5-16(17)24-11-13-3-2-6-19-10-13/h2-3,6,9-10,15-17H,4-5,7-8,11H2,1H3/t15-,16-,17-/m1/s1. The summed E-state index contributed by atoms with van der Waals surface area (Å²) < 4.78 is 17.0. The van der Waals surface area contributed by atoms with Crippen molar-refractivity contribution in [3.63, 3.8) is 0 Å². The number of morpholine rings is 1. The van der Waals surface area contributed by atoms with Crippen molar-refractivity contribution in [3.05, 3.63) is 47.6 Å². The Hall–Kier alpha value is -2.25. The molecule has 0 bridgehead atoms. The number of carbonyl (C=O) groups is 1. The van der Waals surface area contributed by atoms with Gasteiger partial charge in [0.2, 0.25) is 0 Å². The molecule has 7 nitrogen and oxygen atoms in total. The van der Waals surface area contributed by atoms with Crippen LogP contribution in [-0.4, -0.2) is 52.3 Å². The van der Waals surface area contributed by atoms with E-state index in [0.29, 0.717) is 31.2 Å². The van der Waals surface area contributed by atoms with Crippen molar-refractivity contribution < 1.29 is 18.8 Å². The third kappa shape index (κ3) is 3.29. The second-order valence-electron chi connectivity index (χ2n) is 6.51. The molecule has 3 atom stereocenters. The van der Waals surface area contributed by atoms with Crippen molar-refractivity contribution in [1.29, 1.82) is 0 Å². The van der Waals surface area contributed by atoms with E-state index in [1.54, 1.807) is 25.4 Å². The zero-order valence-corrected chi connectivity index (χ0v) is 14.1. The molecule has 2 aliphatic rings. The van der Waals surface area contributed by atoms with Gasteiger partial charge in [0.15, 0.2) is 5.69 Å². The summed E-state index contributed by atoms with van der Waals surface area (Å²) in [6.45, 7) is 3.36. The highest BCUT2D eigenvalue weighted by Gasteiger charge is 2.45. The topological polar surface area (TPSA) is 77.7 Å². The number of hydrogen-bond acceptors (Lipinski definition) is 6. The van der Waals surface area contributed by atoms with Crippen molar-refractivity contribution in [2.24, 2.45) is 0 Å². The van der Waals surface area contributed by atoms with Crippen LogP contribution in [0, 0.1) is 6.92 Å². The number of fused-ring (bicyclic) bond motifs is 1. The number of nitrogens with zero attached hydrogens (tertiary/aromatic N) is 3. The first-order chi connectivity index (χ1) is 12.2. The molecule has 1 amide bonds. The number of pyridine rings is 1. The van der Waals surface area contributed by atoms with Gasteiger partial charge in [-0.3, -0.25) is 9.78 Å². The van der Waals surface area contributed by atoms with Crippen molar-refractivity contribution in [3.8, 4) is 0 Å². The SMILES string of the molecule is Cc1cc(C(=O)N2CCO[C@@H]3[C@H]2CC[C@H]3OCc2cccnc2)no1. The molecule has 7 heteroatoms. The van der Waals surface area contributed by atoms with E-state index in [2.05, 4.69) is 10.1 Å². The van der Waals surface area contributed by atoms with Crippen LogP contribution in [0.25, 0.3) is 0 Å². The van der Waals surface area contributed by atoms with Crippen molar-refractivity contribution in [1.82, 2.24) is 15.0 Å². The van der Waals surface area contributed by atoms with Gasteiger partial charge < -0.3 is 18.9 Å². The van der Waals surface area contributed by atoms with Gasteiger partial charge in [0.25, 0.3) is 5.91 Å². The zero-order chi connectivity index (χ0) is 17.2. The maximum Gasteiger partial charge on any atom is 0.276 e. The molecule has 25 heavy (non-hydrogen) atoms. The van der Waals surface area contributed by atoms with E-state index in [9.17, 15) is 4.79 Å². The largest absolute Gasteiger partial charge is 0.372 e. The number of carbonyl (C=O) groups excluding carboxylic acids is 1. The Morgan fingerprint density at radius 1 is 1.44 bits per heavy atom. The zero-order valence-electron chi connectivity index (χ0n) is 14.1. The summed E-state index contributed by atoms with van der Waals surface area (Å²) in [5.74, 6) is 0.542. The normalized spacial score (nSPS) is 25.8. The Balaban J connectivity index is 1.42. The fraction of sp³-hybridized carbons (Fsp3) is 0.500. The highest BCUT2D eigenvalue weighted by molar-refractivity contribution is 5.92. The van der Waals surface area contributed by atoms with Crippen LogP contribution in [0.1, 0.15) is 34.7 Å². The van der Waals surface area contributed by atoms with Crippen molar-refractivity contribution in [2.75, 3.05) is 13.2 Å². The van der Waals surface area contributed by atoms with Crippen LogP contribution in [0.2, 0.25) is 0 Å². The molecular formula is C18H21N3O4. The predicted molar refractivity (Wildman–Crippen MR) is 87.9 cm³/mol. The van der Waals surface area contributed by atoms with Crippen molar-refractivity contribution in [2.45, 2.75) is 44.6 Å². The molecule has 4 rings (SSSR count). The van der Waals surface area contributed by atoms with E-state index < -0.39 is 0 Å². The van der Waals surface area contributed by atoms with Crippen LogP contribution in [0.4, 0.5) is 0 Å². The summed E-state index contributed by atoms with van der Waals surface area (Å²) in [4.78, 5) is 18.7. The molecule has 0 spiro atoms. The van der Waals surface area contributed by atoms with Gasteiger partial charge in [-0.1, -0.05) is 11.2 Å². The summed E-state index contributed by atoms with van der Waals surface area (Å²) in [6, 6.07) is 5.59. The van der Waals surface area contributed by atoms with Crippen LogP contribution >= 0.6 is 0 Å². The maximum absolute atomic E-state index is 12.7. The Kier molecular flexibility index (Phi) is 4.50. The van der Waals surface area contributed by atoms with Crippen LogP contribution in [-0.2, 0) is 16.1 Å². The molecule has 0 N–H and O–H groups in total. The van der Waals surface area contributed by atoms with Crippen molar-refractivity contribution >= 4 is 5.91 Å². The van der Waals surface area contributed by atoms with Gasteiger partial charge in [-0.2, -0.15) is 0 Å². The van der Waals surface area contributed by atoms with Crippen LogP contribution < -0.4 is 0 Å². The van der Waals surface area contributed by atoms with E-state index in [0.717, 1.165) is 18.4 Å². The minimum absolute atomic E-state index is 0.0140. The third-order valence-electron chi connectivity index (χ3n) is 4.83. The highest BCUT2D eigenvalue weighted by Crippen LogP contribution is 2.33. The second kappa shape index (κ2) is 6.93. The Labute approximate surface area is 145 Å². The van der Waals surface area contributed by atoms with Gasteiger partial charge in [-0.25, -0.2) is 0 Å². The minimum atomic E-state index is -0.0950. The van der Waals surface area contributed by atoms with Crippen LogP contribution in [0.3, 0.4) is 0 Å². The first kappa shape index (κ1) is 16.2. The highest BCUT2D eigenvalue weighted by atomic mass is 16.5. The number of aromatic nitrogens is 2. The van der Waals surface area contributed by atoms with E-state index in [-0.39, 0.29) is 24.2 Å². The molecule has 2 aromatic rings. The molecule has 0 radical (unpaired) electrons. The van der Waals surface area contributed by atoms with Crippen LogP contribution in [0.15, 0.2) is 35.1 Å². The van der Waals surface area contributed by atoms with Gasteiger partial charge >= 0.3 is 0 Å². The lowest BCUT2D eigenvalue weighted by Gasteiger charge is -2.38. The monoisotopic (exact) mass is 343 g/mol. The smallest absolute Gasteiger partial charge is 0.276 e. The van der Waals surface area contributed by atoms with Gasteiger partial charge in [0.05, 0.1) is 25.4 Å². The number of amides is 1. The first-order valence-corrected chi connectivity index (χ1v) is 8.59. The van der Waals surface area contributed by atoms with Gasteiger partial charge in [-0.15, -0.1) is 0 Å². The van der Waals surface area contributed by atoms with E-state index in [4.69, 9.17) is 14.0 Å². The molecule has 1 saturated carbocycles. The summed E-state index contributed by atoms with van der Waals surface area (Å²) >= 11 is 0. The molecule has 3 heterocycles. The van der Waals surface area contributed by atoms with E-state index in [1.807, 2.05) is 17.0 Å². The summed E-state index contributed by atoms with van der Waals surface area (Å²) in [5.41, 5.74) is 1.39. The van der Waals surface area contributed by atoms with Gasteiger partial charge in [0, 0.05) is 25.0 Å². The van der Waals surface area contributed by atoms with E-state index >= 15 is 0 Å². The fourth-order valence-corrected chi connectivity index (χ4v) is 3.65. The van der Waals surface area contributed by atoms with E-state index in [1.165, 1.54) is 0 Å². The van der Waals surface area contributed by atoms with Crippen LogP contribution in [0.5, 0.6) is 0 Å². The molecule has 2 fully saturated rings. The minimum Gasteiger partial charge on any atom is -0.372 e. The number of ether oxygens (including phenoxy) is 2. The summed E-state index contributed by atoms with van der Waals surface area (Å²) in [6.07, 6.45) is 5.18. The predicted octanol–water partition coefficient (Wildman–Crippen LogP) is 1.97. The molecule has 1 aliphatic carbocycles. The Morgan fingerprint density at radius 3 is 3.12 bits per heavy atom.